The SMILES string of the molecule is OC[C@H]1O[C@@H](OCc2ccccc2)[C@H](OCc2ccccc2)[C@@H](O)[C@H]1O. The summed E-state index contributed by atoms with van der Waals surface area (Å²) in [6.07, 6.45) is -5.20. The van der Waals surface area contributed by atoms with Crippen LogP contribution in [-0.2, 0) is 27.4 Å². The summed E-state index contributed by atoms with van der Waals surface area (Å²) < 4.78 is 17.2. The van der Waals surface area contributed by atoms with Crippen molar-refractivity contribution in [3.63, 3.8) is 0 Å². The van der Waals surface area contributed by atoms with E-state index in [1.807, 2.05) is 60.7 Å². The highest BCUT2D eigenvalue weighted by molar-refractivity contribution is 5.14. The van der Waals surface area contributed by atoms with Crippen molar-refractivity contribution < 1.29 is 29.5 Å². The zero-order chi connectivity index (χ0) is 18.4. The topological polar surface area (TPSA) is 88.4 Å². The van der Waals surface area contributed by atoms with E-state index in [9.17, 15) is 15.3 Å². The van der Waals surface area contributed by atoms with E-state index in [1.54, 1.807) is 0 Å². The van der Waals surface area contributed by atoms with Crippen molar-refractivity contribution in [2.45, 2.75) is 43.9 Å². The van der Waals surface area contributed by atoms with Gasteiger partial charge in [0.15, 0.2) is 6.29 Å². The van der Waals surface area contributed by atoms with Crippen molar-refractivity contribution in [3.8, 4) is 0 Å². The normalized spacial score (nSPS) is 28.8. The predicted molar refractivity (Wildman–Crippen MR) is 94.0 cm³/mol. The Kier molecular flexibility index (Phi) is 6.73. The number of ether oxygens (including phenoxy) is 3. The average molecular weight is 360 g/mol. The molecule has 26 heavy (non-hydrogen) atoms. The molecule has 0 bridgehead atoms. The number of rotatable bonds is 7. The van der Waals surface area contributed by atoms with Crippen LogP contribution in [0.2, 0.25) is 0 Å². The fraction of sp³-hybridized carbons (Fsp3) is 0.400. The number of aliphatic hydroxyl groups is 3. The Balaban J connectivity index is 1.68. The number of hydrogen-bond donors (Lipinski definition) is 3. The number of aliphatic hydroxyl groups excluding tert-OH is 3. The van der Waals surface area contributed by atoms with Crippen LogP contribution in [-0.4, -0.2) is 52.6 Å². The molecule has 1 aliphatic heterocycles. The summed E-state index contributed by atoms with van der Waals surface area (Å²) in [7, 11) is 0. The van der Waals surface area contributed by atoms with Gasteiger partial charge in [0.25, 0.3) is 0 Å². The van der Waals surface area contributed by atoms with Crippen molar-refractivity contribution in [3.05, 3.63) is 71.8 Å². The third-order valence-corrected chi connectivity index (χ3v) is 4.37. The van der Waals surface area contributed by atoms with Crippen molar-refractivity contribution in [1.82, 2.24) is 0 Å². The predicted octanol–water partition coefficient (Wildman–Crippen LogP) is 1.23. The minimum atomic E-state index is -1.25. The van der Waals surface area contributed by atoms with E-state index in [4.69, 9.17) is 14.2 Å². The molecular formula is C20H24O6. The Morgan fingerprint density at radius 2 is 1.31 bits per heavy atom. The van der Waals surface area contributed by atoms with Crippen molar-refractivity contribution in [2.24, 2.45) is 0 Å². The quantitative estimate of drug-likeness (QED) is 0.688. The van der Waals surface area contributed by atoms with Crippen LogP contribution in [0.1, 0.15) is 11.1 Å². The summed E-state index contributed by atoms with van der Waals surface area (Å²) in [5, 5.41) is 30.0. The van der Waals surface area contributed by atoms with Crippen molar-refractivity contribution >= 4 is 0 Å². The van der Waals surface area contributed by atoms with E-state index in [0.717, 1.165) is 11.1 Å². The standard InChI is InChI=1S/C20H24O6/c21-11-16-17(22)18(23)19(24-12-14-7-3-1-4-8-14)20(26-16)25-13-15-9-5-2-6-10-15/h1-10,16-23H,11-13H2/t16-,17+,18+,19-,20-/m1/s1. The Bertz CT molecular complexity index is 650. The Morgan fingerprint density at radius 1 is 0.769 bits per heavy atom. The highest BCUT2D eigenvalue weighted by atomic mass is 16.7. The van der Waals surface area contributed by atoms with Gasteiger partial charge in [-0.05, 0) is 11.1 Å². The van der Waals surface area contributed by atoms with Gasteiger partial charge in [-0.1, -0.05) is 60.7 Å². The maximum Gasteiger partial charge on any atom is 0.187 e. The second kappa shape index (κ2) is 9.23. The maximum absolute atomic E-state index is 10.4. The minimum Gasteiger partial charge on any atom is -0.394 e. The Morgan fingerprint density at radius 3 is 1.85 bits per heavy atom. The van der Waals surface area contributed by atoms with Gasteiger partial charge in [-0.2, -0.15) is 0 Å². The first-order valence-electron chi connectivity index (χ1n) is 8.62. The lowest BCUT2D eigenvalue weighted by Crippen LogP contribution is -2.59. The van der Waals surface area contributed by atoms with Gasteiger partial charge in [-0.15, -0.1) is 0 Å². The molecule has 0 aromatic heterocycles. The van der Waals surface area contributed by atoms with Gasteiger partial charge in [0.1, 0.15) is 24.4 Å². The van der Waals surface area contributed by atoms with Crippen LogP contribution >= 0.6 is 0 Å². The molecule has 2 aromatic rings. The summed E-state index contributed by atoms with van der Waals surface area (Å²) in [4.78, 5) is 0. The average Bonchev–Trinajstić information content (AvgIpc) is 2.69. The van der Waals surface area contributed by atoms with E-state index in [1.165, 1.54) is 0 Å². The molecule has 0 radical (unpaired) electrons. The third kappa shape index (κ3) is 4.67. The molecule has 3 rings (SSSR count). The maximum atomic E-state index is 10.4. The fourth-order valence-electron chi connectivity index (χ4n) is 2.89. The third-order valence-electron chi connectivity index (χ3n) is 4.37. The molecular weight excluding hydrogens is 336 g/mol. The summed E-state index contributed by atoms with van der Waals surface area (Å²) >= 11 is 0. The zero-order valence-electron chi connectivity index (χ0n) is 14.3. The molecule has 1 fully saturated rings. The molecule has 140 valence electrons. The van der Waals surface area contributed by atoms with Crippen LogP contribution in [0.5, 0.6) is 0 Å². The molecule has 0 aliphatic carbocycles. The Hall–Kier alpha value is -1.80. The van der Waals surface area contributed by atoms with Gasteiger partial charge in [-0.25, -0.2) is 0 Å². The molecule has 0 amide bonds. The number of hydrogen-bond acceptors (Lipinski definition) is 6. The smallest absolute Gasteiger partial charge is 0.187 e. The molecule has 6 nitrogen and oxygen atoms in total. The molecule has 3 N–H and O–H groups in total. The fourth-order valence-corrected chi connectivity index (χ4v) is 2.89. The van der Waals surface area contributed by atoms with Gasteiger partial charge in [0, 0.05) is 0 Å². The highest BCUT2D eigenvalue weighted by Gasteiger charge is 2.45. The van der Waals surface area contributed by atoms with E-state index in [2.05, 4.69) is 0 Å². The molecule has 0 saturated carbocycles. The lowest BCUT2D eigenvalue weighted by Gasteiger charge is -2.41. The Labute approximate surface area is 152 Å². The summed E-state index contributed by atoms with van der Waals surface area (Å²) in [5.74, 6) is 0. The van der Waals surface area contributed by atoms with Crippen LogP contribution in [0, 0.1) is 0 Å². The van der Waals surface area contributed by atoms with E-state index >= 15 is 0 Å². The first-order chi connectivity index (χ1) is 12.7. The van der Waals surface area contributed by atoms with Gasteiger partial charge < -0.3 is 29.5 Å². The molecule has 0 unspecified atom stereocenters. The van der Waals surface area contributed by atoms with Crippen LogP contribution < -0.4 is 0 Å². The zero-order valence-corrected chi connectivity index (χ0v) is 14.3. The van der Waals surface area contributed by atoms with Gasteiger partial charge >= 0.3 is 0 Å². The van der Waals surface area contributed by atoms with Crippen molar-refractivity contribution in [1.29, 1.82) is 0 Å². The summed E-state index contributed by atoms with van der Waals surface area (Å²) in [6.45, 7) is 0.0835. The highest BCUT2D eigenvalue weighted by Crippen LogP contribution is 2.26. The second-order valence-corrected chi connectivity index (χ2v) is 6.26. The van der Waals surface area contributed by atoms with E-state index in [0.29, 0.717) is 0 Å². The molecule has 5 atom stereocenters. The van der Waals surface area contributed by atoms with Crippen LogP contribution in [0.15, 0.2) is 60.7 Å². The van der Waals surface area contributed by atoms with E-state index in [-0.39, 0.29) is 13.2 Å². The van der Waals surface area contributed by atoms with Crippen LogP contribution in [0.4, 0.5) is 0 Å². The minimum absolute atomic E-state index is 0.244. The van der Waals surface area contributed by atoms with Gasteiger partial charge in [-0.3, -0.25) is 0 Å². The monoisotopic (exact) mass is 360 g/mol. The van der Waals surface area contributed by atoms with Crippen molar-refractivity contribution in [2.75, 3.05) is 6.61 Å². The molecule has 1 saturated heterocycles. The van der Waals surface area contributed by atoms with E-state index < -0.39 is 37.3 Å². The summed E-state index contributed by atoms with van der Waals surface area (Å²) in [6, 6.07) is 19.1. The lowest BCUT2D eigenvalue weighted by atomic mass is 9.99. The van der Waals surface area contributed by atoms with Gasteiger partial charge in [0.2, 0.25) is 0 Å². The summed E-state index contributed by atoms with van der Waals surface area (Å²) in [5.41, 5.74) is 1.87. The second-order valence-electron chi connectivity index (χ2n) is 6.26. The first kappa shape index (κ1) is 19.0. The first-order valence-corrected chi connectivity index (χ1v) is 8.62. The molecule has 2 aromatic carbocycles. The van der Waals surface area contributed by atoms with Crippen LogP contribution in [0.25, 0.3) is 0 Å². The molecule has 6 heteroatoms. The molecule has 1 aliphatic rings. The van der Waals surface area contributed by atoms with Gasteiger partial charge in [0.05, 0.1) is 19.8 Å². The molecule has 1 heterocycles. The number of benzene rings is 2. The lowest BCUT2D eigenvalue weighted by molar-refractivity contribution is -0.314. The molecule has 0 spiro atoms. The largest absolute Gasteiger partial charge is 0.394 e. The van der Waals surface area contributed by atoms with Crippen LogP contribution in [0.3, 0.4) is 0 Å².